The van der Waals surface area contributed by atoms with E-state index in [0.717, 1.165) is 18.4 Å². The standard InChI is InChI=1S/C18H20ClNO3/c19-14-7-5-13(6-8-14)15-10-20(11-16(15)18(22)23)17(21)9-12-3-1-2-4-12/h1,3,5-8,12,15-16H,2,4,9-11H2,(H,22,23)/t12-,15+,16-/m1/s1. The number of allylic oxidation sites excluding steroid dienone is 2. The third kappa shape index (κ3) is 3.58. The Bertz CT molecular complexity index is 626. The second-order valence-electron chi connectivity index (χ2n) is 6.37. The van der Waals surface area contributed by atoms with Crippen molar-refractivity contribution in [3.63, 3.8) is 0 Å². The van der Waals surface area contributed by atoms with Crippen molar-refractivity contribution in [2.24, 2.45) is 11.8 Å². The third-order valence-corrected chi connectivity index (χ3v) is 5.09. The van der Waals surface area contributed by atoms with E-state index in [0.29, 0.717) is 23.9 Å². The van der Waals surface area contributed by atoms with Gasteiger partial charge in [0.05, 0.1) is 5.92 Å². The molecule has 1 aromatic carbocycles. The third-order valence-electron chi connectivity index (χ3n) is 4.84. The summed E-state index contributed by atoms with van der Waals surface area (Å²) in [6.07, 6.45) is 6.74. The van der Waals surface area contributed by atoms with Gasteiger partial charge in [-0.25, -0.2) is 0 Å². The van der Waals surface area contributed by atoms with Crippen LogP contribution in [0, 0.1) is 11.8 Å². The molecule has 0 spiro atoms. The number of likely N-dealkylation sites (tertiary alicyclic amines) is 1. The van der Waals surface area contributed by atoms with Gasteiger partial charge in [-0.05, 0) is 36.5 Å². The smallest absolute Gasteiger partial charge is 0.308 e. The zero-order chi connectivity index (χ0) is 16.4. The van der Waals surface area contributed by atoms with Crippen LogP contribution in [0.25, 0.3) is 0 Å². The van der Waals surface area contributed by atoms with Crippen molar-refractivity contribution in [1.29, 1.82) is 0 Å². The van der Waals surface area contributed by atoms with Gasteiger partial charge in [-0.2, -0.15) is 0 Å². The minimum absolute atomic E-state index is 0.0595. The molecule has 122 valence electrons. The molecule has 0 aromatic heterocycles. The van der Waals surface area contributed by atoms with Gasteiger partial charge in [-0.1, -0.05) is 35.9 Å². The number of hydrogen-bond donors (Lipinski definition) is 1. The average molecular weight is 334 g/mol. The molecule has 0 saturated carbocycles. The maximum atomic E-state index is 12.5. The number of benzene rings is 1. The Balaban J connectivity index is 1.72. The quantitative estimate of drug-likeness (QED) is 0.860. The molecule has 1 aromatic rings. The van der Waals surface area contributed by atoms with Gasteiger partial charge in [0.15, 0.2) is 0 Å². The SMILES string of the molecule is O=C(O)[C@@H]1CN(C(=O)C[C@@H]2C=CCC2)C[C@H]1c1ccc(Cl)cc1. The van der Waals surface area contributed by atoms with Crippen LogP contribution in [0.4, 0.5) is 0 Å². The van der Waals surface area contributed by atoms with Crippen molar-refractivity contribution in [1.82, 2.24) is 4.90 Å². The maximum absolute atomic E-state index is 12.5. The molecule has 5 heteroatoms. The summed E-state index contributed by atoms with van der Waals surface area (Å²) >= 11 is 5.90. The van der Waals surface area contributed by atoms with Crippen LogP contribution in [-0.4, -0.2) is 35.0 Å². The highest BCUT2D eigenvalue weighted by Gasteiger charge is 2.40. The van der Waals surface area contributed by atoms with E-state index in [2.05, 4.69) is 12.2 Å². The lowest BCUT2D eigenvalue weighted by molar-refractivity contribution is -0.141. The van der Waals surface area contributed by atoms with Crippen LogP contribution in [0.2, 0.25) is 5.02 Å². The van der Waals surface area contributed by atoms with E-state index in [-0.39, 0.29) is 18.4 Å². The second kappa shape index (κ2) is 6.75. The van der Waals surface area contributed by atoms with Crippen molar-refractivity contribution >= 4 is 23.5 Å². The molecular formula is C18H20ClNO3. The number of aliphatic carboxylic acids is 1. The number of carboxylic acid groups (broad SMARTS) is 1. The Morgan fingerprint density at radius 1 is 1.22 bits per heavy atom. The highest BCUT2D eigenvalue weighted by atomic mass is 35.5. The minimum atomic E-state index is -0.846. The van der Waals surface area contributed by atoms with Crippen LogP contribution in [0.15, 0.2) is 36.4 Å². The van der Waals surface area contributed by atoms with E-state index in [9.17, 15) is 14.7 Å². The lowest BCUT2D eigenvalue weighted by Gasteiger charge is -2.18. The van der Waals surface area contributed by atoms with E-state index < -0.39 is 11.9 Å². The van der Waals surface area contributed by atoms with E-state index >= 15 is 0 Å². The van der Waals surface area contributed by atoms with Gasteiger partial charge in [0, 0.05) is 30.5 Å². The first kappa shape index (κ1) is 16.1. The molecule has 1 saturated heterocycles. The summed E-state index contributed by atoms with van der Waals surface area (Å²) < 4.78 is 0. The van der Waals surface area contributed by atoms with Crippen molar-refractivity contribution in [3.05, 3.63) is 47.0 Å². The van der Waals surface area contributed by atoms with E-state index in [1.807, 2.05) is 12.1 Å². The normalized spacial score (nSPS) is 26.7. The summed E-state index contributed by atoms with van der Waals surface area (Å²) in [7, 11) is 0. The molecule has 23 heavy (non-hydrogen) atoms. The average Bonchev–Trinajstić information content (AvgIpc) is 3.17. The molecule has 1 fully saturated rings. The fraction of sp³-hybridized carbons (Fsp3) is 0.444. The number of amides is 1. The fourth-order valence-electron chi connectivity index (χ4n) is 3.52. The predicted octanol–water partition coefficient (Wildman–Crippen LogP) is 3.32. The summed E-state index contributed by atoms with van der Waals surface area (Å²) in [6, 6.07) is 7.25. The van der Waals surface area contributed by atoms with E-state index in [4.69, 9.17) is 11.6 Å². The minimum Gasteiger partial charge on any atom is -0.481 e. The molecule has 1 amide bonds. The molecular weight excluding hydrogens is 314 g/mol. The first-order valence-corrected chi connectivity index (χ1v) is 8.35. The number of carbonyl (C=O) groups excluding carboxylic acids is 1. The number of nitrogens with zero attached hydrogens (tertiary/aromatic N) is 1. The van der Waals surface area contributed by atoms with Gasteiger partial charge in [0.1, 0.15) is 0 Å². The highest BCUT2D eigenvalue weighted by molar-refractivity contribution is 6.30. The predicted molar refractivity (Wildman–Crippen MR) is 88.4 cm³/mol. The molecule has 1 heterocycles. The molecule has 1 aliphatic carbocycles. The molecule has 3 atom stereocenters. The number of hydrogen-bond acceptors (Lipinski definition) is 2. The van der Waals surface area contributed by atoms with E-state index in [1.165, 1.54) is 0 Å². The Morgan fingerprint density at radius 2 is 1.96 bits per heavy atom. The van der Waals surface area contributed by atoms with Crippen molar-refractivity contribution in [3.8, 4) is 0 Å². The van der Waals surface area contributed by atoms with Crippen molar-refractivity contribution in [2.75, 3.05) is 13.1 Å². The molecule has 0 unspecified atom stereocenters. The molecule has 2 aliphatic rings. The zero-order valence-electron chi connectivity index (χ0n) is 12.8. The van der Waals surface area contributed by atoms with Crippen LogP contribution in [-0.2, 0) is 9.59 Å². The summed E-state index contributed by atoms with van der Waals surface area (Å²) in [4.78, 5) is 25.8. The molecule has 1 N–H and O–H groups in total. The Kier molecular flexibility index (Phi) is 4.71. The maximum Gasteiger partial charge on any atom is 0.308 e. The first-order valence-electron chi connectivity index (χ1n) is 7.97. The van der Waals surface area contributed by atoms with Gasteiger partial charge < -0.3 is 10.0 Å². The summed E-state index contributed by atoms with van der Waals surface area (Å²) in [5, 5.41) is 10.1. The topological polar surface area (TPSA) is 57.6 Å². The Hall–Kier alpha value is -1.81. The van der Waals surface area contributed by atoms with Gasteiger partial charge >= 0.3 is 5.97 Å². The molecule has 4 nitrogen and oxygen atoms in total. The van der Waals surface area contributed by atoms with Gasteiger partial charge in [-0.15, -0.1) is 0 Å². The number of rotatable bonds is 4. The van der Waals surface area contributed by atoms with Gasteiger partial charge in [0.25, 0.3) is 0 Å². The molecule has 3 rings (SSSR count). The summed E-state index contributed by atoms with van der Waals surface area (Å²) in [5.74, 6) is -1.21. The summed E-state index contributed by atoms with van der Waals surface area (Å²) in [5.41, 5.74) is 0.929. The van der Waals surface area contributed by atoms with E-state index in [1.54, 1.807) is 17.0 Å². The molecule has 0 bridgehead atoms. The van der Waals surface area contributed by atoms with Crippen LogP contribution in [0.5, 0.6) is 0 Å². The molecule has 0 radical (unpaired) electrons. The Morgan fingerprint density at radius 3 is 2.57 bits per heavy atom. The lowest BCUT2D eigenvalue weighted by atomic mass is 9.89. The Labute approximate surface area is 140 Å². The van der Waals surface area contributed by atoms with Crippen LogP contribution in [0.1, 0.15) is 30.7 Å². The van der Waals surface area contributed by atoms with Crippen molar-refractivity contribution < 1.29 is 14.7 Å². The lowest BCUT2D eigenvalue weighted by Crippen LogP contribution is -2.30. The number of halogens is 1. The van der Waals surface area contributed by atoms with Crippen LogP contribution in [0.3, 0.4) is 0 Å². The largest absolute Gasteiger partial charge is 0.481 e. The summed E-state index contributed by atoms with van der Waals surface area (Å²) in [6.45, 7) is 0.756. The second-order valence-corrected chi connectivity index (χ2v) is 6.81. The van der Waals surface area contributed by atoms with Crippen LogP contribution < -0.4 is 0 Å². The molecule has 1 aliphatic heterocycles. The van der Waals surface area contributed by atoms with Crippen molar-refractivity contribution in [2.45, 2.75) is 25.2 Å². The van der Waals surface area contributed by atoms with Gasteiger partial charge in [-0.3, -0.25) is 9.59 Å². The zero-order valence-corrected chi connectivity index (χ0v) is 13.6. The monoisotopic (exact) mass is 333 g/mol. The number of carboxylic acids is 1. The number of carbonyl (C=O) groups is 2. The fourth-order valence-corrected chi connectivity index (χ4v) is 3.65. The van der Waals surface area contributed by atoms with Crippen LogP contribution >= 0.6 is 11.6 Å². The van der Waals surface area contributed by atoms with Gasteiger partial charge in [0.2, 0.25) is 5.91 Å². The first-order chi connectivity index (χ1) is 11.0. The highest BCUT2D eigenvalue weighted by Crippen LogP contribution is 2.34.